The van der Waals surface area contributed by atoms with Crippen molar-refractivity contribution in [2.75, 3.05) is 18.8 Å². The topological polar surface area (TPSA) is 98.3 Å². The van der Waals surface area contributed by atoms with Crippen LogP contribution in [0.25, 0.3) is 22.0 Å². The first-order valence-corrected chi connectivity index (χ1v) is 10.8. The number of halogens is 2. The van der Waals surface area contributed by atoms with E-state index in [1.54, 1.807) is 0 Å². The number of piperazine rings is 1. The van der Waals surface area contributed by atoms with Crippen molar-refractivity contribution in [3.05, 3.63) is 53.2 Å². The lowest BCUT2D eigenvalue weighted by molar-refractivity contribution is 0.232. The van der Waals surface area contributed by atoms with Gasteiger partial charge in [0.2, 0.25) is 0 Å². The highest BCUT2D eigenvalue weighted by Crippen LogP contribution is 2.38. The van der Waals surface area contributed by atoms with Gasteiger partial charge in [0.05, 0.1) is 16.8 Å². The van der Waals surface area contributed by atoms with Crippen molar-refractivity contribution in [2.24, 2.45) is 0 Å². The molecule has 0 radical (unpaired) electrons. The number of rotatable bonds is 2. The molecule has 0 saturated carbocycles. The van der Waals surface area contributed by atoms with E-state index >= 15 is 4.39 Å². The number of nitrogens with one attached hydrogen (secondary N) is 2. The number of aromatic nitrogens is 1. The molecule has 6 rings (SSSR count). The number of aromatic hydroxyl groups is 1. The maximum Gasteiger partial charge on any atom is 0.173 e. The molecule has 0 spiro atoms. The molecule has 2 atom stereocenters. The molecule has 3 aliphatic heterocycles. The molecule has 33 heavy (non-hydrogen) atoms. The smallest absolute Gasteiger partial charge is 0.173 e. The third kappa shape index (κ3) is 3.45. The Kier molecular flexibility index (Phi) is 5.14. The molecule has 8 heteroatoms. The molecule has 6 nitrogen and oxygen atoms in total. The zero-order valence-corrected chi connectivity index (χ0v) is 17.8. The van der Waals surface area contributed by atoms with Gasteiger partial charge in [-0.2, -0.15) is 0 Å². The van der Waals surface area contributed by atoms with Gasteiger partial charge in [-0.25, -0.2) is 8.78 Å². The van der Waals surface area contributed by atoms with Crippen LogP contribution in [0.2, 0.25) is 0 Å². The molecule has 2 aromatic carbocycles. The van der Waals surface area contributed by atoms with Crippen LogP contribution in [0.1, 0.15) is 30.4 Å². The summed E-state index contributed by atoms with van der Waals surface area (Å²) in [5.41, 5.74) is 6.09. The number of hydrogen-bond donors (Lipinski definition) is 4. The van der Waals surface area contributed by atoms with Crippen LogP contribution in [-0.4, -0.2) is 46.0 Å². The zero-order chi connectivity index (χ0) is 23.3. The van der Waals surface area contributed by atoms with Gasteiger partial charge in [-0.3, -0.25) is 10.4 Å². The lowest BCUT2D eigenvalue weighted by atomic mass is 9.95. The Bertz CT molecular complexity index is 1330. The van der Waals surface area contributed by atoms with Crippen molar-refractivity contribution in [3.8, 4) is 29.4 Å². The van der Waals surface area contributed by atoms with E-state index in [9.17, 15) is 9.50 Å². The fraction of sp³-hybridized carbons (Fsp3) is 0.280. The minimum absolute atomic E-state index is 0.0489. The molecule has 3 fully saturated rings. The second-order valence-electron chi connectivity index (χ2n) is 8.60. The van der Waals surface area contributed by atoms with Crippen LogP contribution in [0, 0.1) is 29.4 Å². The van der Waals surface area contributed by atoms with E-state index in [0.717, 1.165) is 25.8 Å². The van der Waals surface area contributed by atoms with Crippen molar-refractivity contribution in [3.63, 3.8) is 0 Å². The average Bonchev–Trinajstić information content (AvgIpc) is 3.16. The normalized spacial score (nSPS) is 20.0. The van der Waals surface area contributed by atoms with Crippen LogP contribution in [0.5, 0.6) is 5.75 Å². The van der Waals surface area contributed by atoms with Crippen molar-refractivity contribution >= 4 is 22.3 Å². The molecule has 0 aliphatic carbocycles. The Balaban J connectivity index is 1.62. The van der Waals surface area contributed by atoms with Gasteiger partial charge in [0.25, 0.3) is 0 Å². The molecule has 168 valence electrons. The van der Waals surface area contributed by atoms with E-state index < -0.39 is 11.6 Å². The van der Waals surface area contributed by atoms with E-state index in [4.69, 9.17) is 17.6 Å². The van der Waals surface area contributed by atoms with Gasteiger partial charge >= 0.3 is 0 Å². The number of nitrogens with two attached hydrogens (primary N) is 1. The molecule has 3 saturated heterocycles. The van der Waals surface area contributed by atoms with E-state index in [1.807, 2.05) is 4.90 Å². The fourth-order valence-corrected chi connectivity index (χ4v) is 4.97. The van der Waals surface area contributed by atoms with Crippen molar-refractivity contribution in [2.45, 2.75) is 31.3 Å². The van der Waals surface area contributed by atoms with Gasteiger partial charge in [0.1, 0.15) is 23.1 Å². The van der Waals surface area contributed by atoms with Gasteiger partial charge in [-0.1, -0.05) is 12.0 Å². The minimum Gasteiger partial charge on any atom is -0.508 e. The summed E-state index contributed by atoms with van der Waals surface area (Å²) in [5, 5.41) is 23.1. The molecule has 3 aromatic rings. The summed E-state index contributed by atoms with van der Waals surface area (Å²) in [6.45, 7) is 1.44. The zero-order valence-electron chi connectivity index (χ0n) is 17.8. The quantitative estimate of drug-likeness (QED) is 0.273. The molecule has 0 amide bonds. The number of hydrogen-bond acceptors (Lipinski definition) is 5. The monoisotopic (exact) mass is 447 g/mol. The fourth-order valence-electron chi connectivity index (χ4n) is 4.97. The van der Waals surface area contributed by atoms with Gasteiger partial charge in [-0.15, -0.1) is 6.42 Å². The van der Waals surface area contributed by atoms with Gasteiger partial charge in [0.15, 0.2) is 5.82 Å². The number of anilines is 1. The number of pyridine rings is 1. The van der Waals surface area contributed by atoms with Crippen LogP contribution >= 0.6 is 0 Å². The van der Waals surface area contributed by atoms with Crippen LogP contribution < -0.4 is 11.1 Å². The highest BCUT2D eigenvalue weighted by Gasteiger charge is 2.34. The van der Waals surface area contributed by atoms with Crippen molar-refractivity contribution < 1.29 is 13.9 Å². The predicted octanol–water partition coefficient (Wildman–Crippen LogP) is 3.60. The number of terminal acetylenes is 1. The van der Waals surface area contributed by atoms with Crippen LogP contribution in [-0.2, 0) is 0 Å². The Morgan fingerprint density at radius 1 is 1.30 bits per heavy atom. The van der Waals surface area contributed by atoms with Crippen molar-refractivity contribution in [1.82, 2.24) is 15.2 Å². The molecule has 3 aliphatic rings. The summed E-state index contributed by atoms with van der Waals surface area (Å²) in [7, 11) is 0. The molecule has 2 unspecified atom stereocenters. The maximum absolute atomic E-state index is 15.6. The number of nitrogens with zero attached hydrogens (tertiary/aromatic N) is 2. The molecule has 4 heterocycles. The SMILES string of the molecule is C#Cc1c(F)ccc2cc(O)cc(-c3ncc(C(=N)N4CC5CCCC4CN5)c(N)c3F)c12. The minimum atomic E-state index is -0.838. The average molecular weight is 447 g/mol. The number of nitrogen functional groups attached to an aromatic ring is 1. The Hall–Kier alpha value is -3.70. The summed E-state index contributed by atoms with van der Waals surface area (Å²) in [4.78, 5) is 6.24. The Labute approximate surface area is 189 Å². The van der Waals surface area contributed by atoms with Crippen molar-refractivity contribution in [1.29, 1.82) is 5.41 Å². The van der Waals surface area contributed by atoms with E-state index in [2.05, 4.69) is 16.2 Å². The lowest BCUT2D eigenvalue weighted by Crippen LogP contribution is -2.56. The molecule has 1 aromatic heterocycles. The Morgan fingerprint density at radius 2 is 2.12 bits per heavy atom. The third-order valence-electron chi connectivity index (χ3n) is 6.64. The number of amidine groups is 1. The number of phenols is 1. The molecule has 5 N–H and O–H groups in total. The van der Waals surface area contributed by atoms with Gasteiger partial charge in [0, 0.05) is 42.3 Å². The maximum atomic E-state index is 15.6. The highest BCUT2D eigenvalue weighted by atomic mass is 19.1. The third-order valence-corrected chi connectivity index (χ3v) is 6.64. The summed E-state index contributed by atoms with van der Waals surface area (Å²) >= 11 is 0. The summed E-state index contributed by atoms with van der Waals surface area (Å²) in [6.07, 6.45) is 9.97. The molecular weight excluding hydrogens is 424 g/mol. The second-order valence-corrected chi connectivity index (χ2v) is 8.60. The Morgan fingerprint density at radius 3 is 2.91 bits per heavy atom. The van der Waals surface area contributed by atoms with E-state index in [0.29, 0.717) is 11.9 Å². The van der Waals surface area contributed by atoms with Crippen LogP contribution in [0.4, 0.5) is 14.5 Å². The van der Waals surface area contributed by atoms with Crippen LogP contribution in [0.3, 0.4) is 0 Å². The lowest BCUT2D eigenvalue weighted by Gasteiger charge is -2.39. The van der Waals surface area contributed by atoms with E-state index in [-0.39, 0.29) is 57.1 Å². The predicted molar refractivity (Wildman–Crippen MR) is 124 cm³/mol. The van der Waals surface area contributed by atoms with Crippen LogP contribution in [0.15, 0.2) is 30.5 Å². The number of benzene rings is 2. The van der Waals surface area contributed by atoms with E-state index in [1.165, 1.54) is 30.5 Å². The summed E-state index contributed by atoms with van der Waals surface area (Å²) in [6, 6.07) is 5.81. The number of fused-ring (bicyclic) bond motifs is 5. The molecule has 2 bridgehead atoms. The highest BCUT2D eigenvalue weighted by molar-refractivity contribution is 6.04. The largest absolute Gasteiger partial charge is 0.508 e. The first-order chi connectivity index (χ1) is 15.9. The first-order valence-electron chi connectivity index (χ1n) is 10.8. The summed E-state index contributed by atoms with van der Waals surface area (Å²) < 4.78 is 30.0. The first kappa shape index (κ1) is 21.2. The standard InChI is InChI=1S/C25H23F2N5O/c1-2-17-20(26)7-6-13-8-16(33)9-18(21(13)17)24-22(27)23(28)19(11-31-24)25(29)32-12-14-4-3-5-15(32)10-30-14/h1,6-9,11,14-15,29-30,33H,3-5,10,12H2,(H2,28,31). The molecular formula is C25H23F2N5O. The number of phenolic OH excluding ortho intramolecular Hbond substituents is 1. The second kappa shape index (κ2) is 8.01. The summed E-state index contributed by atoms with van der Waals surface area (Å²) in [5.74, 6) is 0.839. The van der Waals surface area contributed by atoms with Gasteiger partial charge in [-0.05, 0) is 42.8 Å². The van der Waals surface area contributed by atoms with Gasteiger partial charge < -0.3 is 21.1 Å².